The highest BCUT2D eigenvalue weighted by Crippen LogP contribution is 2.30. The Bertz CT molecular complexity index is 553. The lowest BCUT2D eigenvalue weighted by molar-refractivity contribution is -0.145. The molecule has 21 heavy (non-hydrogen) atoms. The van der Waals surface area contributed by atoms with E-state index in [-0.39, 0.29) is 11.3 Å². The van der Waals surface area contributed by atoms with Crippen molar-refractivity contribution >= 4 is 11.9 Å². The van der Waals surface area contributed by atoms with Crippen molar-refractivity contribution < 1.29 is 23.8 Å². The normalized spacial score (nSPS) is 17.0. The lowest BCUT2D eigenvalue weighted by Crippen LogP contribution is -2.55. The Morgan fingerprint density at radius 3 is 2.52 bits per heavy atom. The van der Waals surface area contributed by atoms with Crippen LogP contribution in [0.3, 0.4) is 0 Å². The lowest BCUT2D eigenvalue weighted by atomic mass is 9.81. The van der Waals surface area contributed by atoms with Crippen molar-refractivity contribution in [2.75, 3.05) is 7.11 Å². The van der Waals surface area contributed by atoms with Gasteiger partial charge in [0.1, 0.15) is 22.7 Å². The number of halogens is 1. The Hall–Kier alpha value is -2.11. The molecule has 114 valence electrons. The van der Waals surface area contributed by atoms with E-state index in [1.54, 1.807) is 0 Å². The number of carboxylic acids is 1. The third-order valence-corrected chi connectivity index (χ3v) is 3.89. The molecule has 0 unspecified atom stereocenters. The molecule has 5 nitrogen and oxygen atoms in total. The van der Waals surface area contributed by atoms with Gasteiger partial charge in [0.25, 0.3) is 5.91 Å². The first-order chi connectivity index (χ1) is 10.00. The molecule has 2 N–H and O–H groups in total. The maximum absolute atomic E-state index is 13.9. The van der Waals surface area contributed by atoms with E-state index in [0.717, 1.165) is 25.3 Å². The average Bonchev–Trinajstić information content (AvgIpc) is 2.47. The van der Waals surface area contributed by atoms with Crippen LogP contribution >= 0.6 is 0 Å². The summed E-state index contributed by atoms with van der Waals surface area (Å²) in [7, 11) is 1.33. The largest absolute Gasteiger partial charge is 0.496 e. The van der Waals surface area contributed by atoms with Crippen LogP contribution in [-0.4, -0.2) is 29.6 Å². The van der Waals surface area contributed by atoms with Gasteiger partial charge in [0, 0.05) is 0 Å². The van der Waals surface area contributed by atoms with Gasteiger partial charge in [0.05, 0.1) is 7.11 Å². The molecule has 0 spiro atoms. The van der Waals surface area contributed by atoms with Crippen molar-refractivity contribution in [2.45, 2.75) is 37.6 Å². The van der Waals surface area contributed by atoms with E-state index in [1.165, 1.54) is 19.2 Å². The maximum atomic E-state index is 13.9. The summed E-state index contributed by atoms with van der Waals surface area (Å²) >= 11 is 0. The zero-order chi connectivity index (χ0) is 15.5. The molecule has 0 bridgehead atoms. The Kier molecular flexibility index (Phi) is 4.45. The highest BCUT2D eigenvalue weighted by Gasteiger charge is 2.41. The van der Waals surface area contributed by atoms with Gasteiger partial charge in [-0.05, 0) is 25.0 Å². The lowest BCUT2D eigenvalue weighted by Gasteiger charge is -2.34. The quantitative estimate of drug-likeness (QED) is 0.894. The number of carbonyl (C=O) groups excluding carboxylic acids is 1. The fourth-order valence-corrected chi connectivity index (χ4v) is 2.72. The monoisotopic (exact) mass is 295 g/mol. The first-order valence-electron chi connectivity index (χ1n) is 6.88. The van der Waals surface area contributed by atoms with Gasteiger partial charge in [-0.3, -0.25) is 4.79 Å². The fourth-order valence-electron chi connectivity index (χ4n) is 2.72. The van der Waals surface area contributed by atoms with Crippen LogP contribution in [0.15, 0.2) is 18.2 Å². The van der Waals surface area contributed by atoms with E-state index < -0.39 is 23.2 Å². The molecule has 1 fully saturated rings. The number of amides is 1. The number of methoxy groups -OCH3 is 1. The number of benzene rings is 1. The molecule has 0 saturated heterocycles. The second kappa shape index (κ2) is 6.11. The van der Waals surface area contributed by atoms with Gasteiger partial charge in [-0.15, -0.1) is 0 Å². The van der Waals surface area contributed by atoms with Crippen LogP contribution in [0, 0.1) is 5.82 Å². The summed E-state index contributed by atoms with van der Waals surface area (Å²) in [6, 6.07) is 4.04. The number of nitrogens with one attached hydrogen (secondary N) is 1. The summed E-state index contributed by atoms with van der Waals surface area (Å²) in [6.07, 6.45) is 3.09. The van der Waals surface area contributed by atoms with Crippen molar-refractivity contribution in [3.63, 3.8) is 0 Å². The average molecular weight is 295 g/mol. The molecule has 0 aromatic heterocycles. The van der Waals surface area contributed by atoms with Gasteiger partial charge in [0.15, 0.2) is 0 Å². The predicted octanol–water partition coefficient (Wildman–Crippen LogP) is 2.35. The summed E-state index contributed by atoms with van der Waals surface area (Å²) in [5.74, 6) is -2.48. The molecular formula is C15H18FNO4. The van der Waals surface area contributed by atoms with E-state index in [1.807, 2.05) is 0 Å². The Labute approximate surface area is 122 Å². The molecule has 1 aromatic rings. The number of hydrogen-bond donors (Lipinski definition) is 2. The van der Waals surface area contributed by atoms with Crippen molar-refractivity contribution in [1.29, 1.82) is 0 Å². The second-order valence-electron chi connectivity index (χ2n) is 5.22. The highest BCUT2D eigenvalue weighted by molar-refractivity contribution is 6.00. The van der Waals surface area contributed by atoms with Gasteiger partial charge in [-0.2, -0.15) is 0 Å². The number of hydrogen-bond acceptors (Lipinski definition) is 3. The number of ether oxygens (including phenoxy) is 1. The van der Waals surface area contributed by atoms with Crippen molar-refractivity contribution in [3.05, 3.63) is 29.6 Å². The Morgan fingerprint density at radius 1 is 1.29 bits per heavy atom. The first-order valence-corrected chi connectivity index (χ1v) is 6.88. The maximum Gasteiger partial charge on any atom is 0.329 e. The molecule has 0 atom stereocenters. The smallest absolute Gasteiger partial charge is 0.329 e. The molecule has 1 aliphatic rings. The minimum atomic E-state index is -1.32. The number of aliphatic carboxylic acids is 1. The van der Waals surface area contributed by atoms with Gasteiger partial charge in [0.2, 0.25) is 0 Å². The third-order valence-electron chi connectivity index (χ3n) is 3.89. The van der Waals surface area contributed by atoms with E-state index >= 15 is 0 Å². The van der Waals surface area contributed by atoms with Gasteiger partial charge >= 0.3 is 5.97 Å². The molecule has 6 heteroatoms. The summed E-state index contributed by atoms with van der Waals surface area (Å²) in [5.41, 5.74) is -1.57. The molecule has 1 saturated carbocycles. The van der Waals surface area contributed by atoms with Crippen molar-refractivity contribution in [1.82, 2.24) is 5.32 Å². The SMILES string of the molecule is COc1cccc(F)c1C(=O)NC1(C(=O)O)CCCCC1. The minimum absolute atomic E-state index is 0.0869. The summed E-state index contributed by atoms with van der Waals surface area (Å²) in [4.78, 5) is 23.9. The molecule has 1 amide bonds. The predicted molar refractivity (Wildman–Crippen MR) is 73.9 cm³/mol. The third kappa shape index (κ3) is 2.99. The van der Waals surface area contributed by atoms with E-state index in [9.17, 15) is 19.1 Å². The van der Waals surface area contributed by atoms with Crippen LogP contribution in [0.4, 0.5) is 4.39 Å². The molecule has 0 aliphatic heterocycles. The van der Waals surface area contributed by atoms with Gasteiger partial charge in [-0.25, -0.2) is 9.18 Å². The Balaban J connectivity index is 2.30. The molecule has 2 rings (SSSR count). The minimum Gasteiger partial charge on any atom is -0.496 e. The van der Waals surface area contributed by atoms with Crippen LogP contribution in [0.1, 0.15) is 42.5 Å². The fraction of sp³-hybridized carbons (Fsp3) is 0.467. The molecule has 1 aromatic carbocycles. The Morgan fingerprint density at radius 2 is 1.95 bits per heavy atom. The summed E-state index contributed by atoms with van der Waals surface area (Å²) in [5, 5.41) is 11.9. The van der Waals surface area contributed by atoms with Crippen molar-refractivity contribution in [2.24, 2.45) is 0 Å². The first kappa shape index (κ1) is 15.3. The van der Waals surface area contributed by atoms with E-state index in [2.05, 4.69) is 5.32 Å². The van der Waals surface area contributed by atoms with E-state index in [0.29, 0.717) is 12.8 Å². The second-order valence-corrected chi connectivity index (χ2v) is 5.22. The van der Waals surface area contributed by atoms with E-state index in [4.69, 9.17) is 4.74 Å². The van der Waals surface area contributed by atoms with Crippen LogP contribution < -0.4 is 10.1 Å². The number of carboxylic acid groups (broad SMARTS) is 1. The van der Waals surface area contributed by atoms with Gasteiger partial charge in [-0.1, -0.05) is 25.3 Å². The standard InChI is InChI=1S/C15H18FNO4/c1-21-11-7-5-6-10(16)12(11)13(18)17-15(14(19)20)8-3-2-4-9-15/h5-7H,2-4,8-9H2,1H3,(H,17,18)(H,19,20). The number of rotatable bonds is 4. The van der Waals surface area contributed by atoms with Crippen LogP contribution in [-0.2, 0) is 4.79 Å². The molecular weight excluding hydrogens is 277 g/mol. The van der Waals surface area contributed by atoms with Crippen LogP contribution in [0.2, 0.25) is 0 Å². The summed E-state index contributed by atoms with van der Waals surface area (Å²) in [6.45, 7) is 0. The van der Waals surface area contributed by atoms with Crippen molar-refractivity contribution in [3.8, 4) is 5.75 Å². The summed E-state index contributed by atoms with van der Waals surface area (Å²) < 4.78 is 18.9. The number of carbonyl (C=O) groups is 2. The molecule has 0 radical (unpaired) electrons. The molecule has 1 aliphatic carbocycles. The zero-order valence-electron chi connectivity index (χ0n) is 11.8. The molecule has 0 heterocycles. The van der Waals surface area contributed by atoms with Crippen LogP contribution in [0.25, 0.3) is 0 Å². The highest BCUT2D eigenvalue weighted by atomic mass is 19.1. The van der Waals surface area contributed by atoms with Crippen LogP contribution in [0.5, 0.6) is 5.75 Å². The zero-order valence-corrected chi connectivity index (χ0v) is 11.8. The topological polar surface area (TPSA) is 75.6 Å². The van der Waals surface area contributed by atoms with Gasteiger partial charge < -0.3 is 15.2 Å².